The van der Waals surface area contributed by atoms with Crippen LogP contribution in [0.4, 0.5) is 0 Å². The number of hydrogen-bond acceptors (Lipinski definition) is 0. The summed E-state index contributed by atoms with van der Waals surface area (Å²) in [5.41, 5.74) is 0. The molecule has 0 radical (unpaired) electrons. The normalized spacial score (nSPS) is 16.2. The van der Waals surface area contributed by atoms with E-state index in [0.717, 1.165) is 17.8 Å². The molecular formula is C13H28. The highest BCUT2D eigenvalue weighted by atomic mass is 14.2. The Kier molecular flexibility index (Phi) is 7.41. The van der Waals surface area contributed by atoms with Crippen LogP contribution in [-0.4, -0.2) is 0 Å². The van der Waals surface area contributed by atoms with Crippen LogP contribution in [0.1, 0.15) is 66.7 Å². The van der Waals surface area contributed by atoms with Crippen molar-refractivity contribution in [2.75, 3.05) is 0 Å². The highest BCUT2D eigenvalue weighted by molar-refractivity contribution is 4.63. The van der Waals surface area contributed by atoms with Crippen LogP contribution < -0.4 is 0 Å². The lowest BCUT2D eigenvalue weighted by Gasteiger charge is -2.20. The monoisotopic (exact) mass is 184 g/mol. The summed E-state index contributed by atoms with van der Waals surface area (Å²) in [6.45, 7) is 11.8. The lowest BCUT2D eigenvalue weighted by atomic mass is 9.86. The SMILES string of the molecule is CCCCC(C)C(C)CCC(C)C. The minimum atomic E-state index is 0.876. The summed E-state index contributed by atoms with van der Waals surface area (Å²) in [6, 6.07) is 0. The van der Waals surface area contributed by atoms with E-state index < -0.39 is 0 Å². The molecule has 0 aromatic heterocycles. The second-order valence-corrected chi connectivity index (χ2v) is 5.07. The standard InChI is InChI=1S/C13H28/c1-6-7-8-12(4)13(5)10-9-11(2)3/h11-13H,6-10H2,1-5H3. The van der Waals surface area contributed by atoms with Crippen molar-refractivity contribution in [3.05, 3.63) is 0 Å². The van der Waals surface area contributed by atoms with Crippen LogP contribution >= 0.6 is 0 Å². The average Bonchev–Trinajstić information content (AvgIpc) is 2.10. The van der Waals surface area contributed by atoms with Crippen LogP contribution in [0, 0.1) is 17.8 Å². The fourth-order valence-electron chi connectivity index (χ4n) is 1.69. The molecule has 0 saturated carbocycles. The van der Waals surface area contributed by atoms with Gasteiger partial charge in [0, 0.05) is 0 Å². The topological polar surface area (TPSA) is 0 Å². The Bertz CT molecular complexity index is 105. The Morgan fingerprint density at radius 2 is 1.31 bits per heavy atom. The third-order valence-corrected chi connectivity index (χ3v) is 3.18. The number of unbranched alkanes of at least 4 members (excludes halogenated alkanes) is 1. The summed E-state index contributed by atoms with van der Waals surface area (Å²) >= 11 is 0. The predicted molar refractivity (Wildman–Crippen MR) is 61.9 cm³/mol. The van der Waals surface area contributed by atoms with Gasteiger partial charge in [-0.1, -0.05) is 66.7 Å². The second kappa shape index (κ2) is 7.41. The molecule has 2 unspecified atom stereocenters. The van der Waals surface area contributed by atoms with E-state index in [1.165, 1.54) is 32.1 Å². The minimum Gasteiger partial charge on any atom is -0.0654 e. The van der Waals surface area contributed by atoms with Crippen molar-refractivity contribution < 1.29 is 0 Å². The molecule has 13 heavy (non-hydrogen) atoms. The first-order valence-corrected chi connectivity index (χ1v) is 6.07. The molecule has 0 aromatic carbocycles. The first-order valence-electron chi connectivity index (χ1n) is 6.07. The van der Waals surface area contributed by atoms with Crippen molar-refractivity contribution in [2.45, 2.75) is 66.7 Å². The van der Waals surface area contributed by atoms with Gasteiger partial charge in [-0.3, -0.25) is 0 Å². The van der Waals surface area contributed by atoms with Crippen LogP contribution in [0.5, 0.6) is 0 Å². The van der Waals surface area contributed by atoms with E-state index in [-0.39, 0.29) is 0 Å². The fraction of sp³-hybridized carbons (Fsp3) is 1.00. The van der Waals surface area contributed by atoms with E-state index in [1.54, 1.807) is 0 Å². The van der Waals surface area contributed by atoms with Gasteiger partial charge >= 0.3 is 0 Å². The highest BCUT2D eigenvalue weighted by Gasteiger charge is 2.11. The van der Waals surface area contributed by atoms with Crippen LogP contribution in [0.3, 0.4) is 0 Å². The second-order valence-electron chi connectivity index (χ2n) is 5.07. The van der Waals surface area contributed by atoms with E-state index in [2.05, 4.69) is 34.6 Å². The zero-order chi connectivity index (χ0) is 10.3. The molecule has 0 N–H and O–H groups in total. The van der Waals surface area contributed by atoms with Crippen LogP contribution in [0.15, 0.2) is 0 Å². The summed E-state index contributed by atoms with van der Waals surface area (Å²) in [5, 5.41) is 0. The van der Waals surface area contributed by atoms with Gasteiger partial charge in [-0.15, -0.1) is 0 Å². The first-order chi connectivity index (χ1) is 6.07. The van der Waals surface area contributed by atoms with Crippen LogP contribution in [0.25, 0.3) is 0 Å². The molecule has 0 aliphatic rings. The van der Waals surface area contributed by atoms with Crippen molar-refractivity contribution in [1.82, 2.24) is 0 Å². The number of hydrogen-bond donors (Lipinski definition) is 0. The smallest absolute Gasteiger partial charge is 0.0417 e. The van der Waals surface area contributed by atoms with Crippen LogP contribution in [-0.2, 0) is 0 Å². The zero-order valence-electron chi connectivity index (χ0n) is 10.3. The maximum atomic E-state index is 2.42. The first kappa shape index (κ1) is 13.0. The molecule has 0 bridgehead atoms. The lowest BCUT2D eigenvalue weighted by molar-refractivity contribution is 0.315. The van der Waals surface area contributed by atoms with Gasteiger partial charge in [0.2, 0.25) is 0 Å². The average molecular weight is 184 g/mol. The molecule has 0 saturated heterocycles. The van der Waals surface area contributed by atoms with Gasteiger partial charge in [-0.25, -0.2) is 0 Å². The maximum Gasteiger partial charge on any atom is -0.0417 e. The van der Waals surface area contributed by atoms with E-state index in [9.17, 15) is 0 Å². The van der Waals surface area contributed by atoms with Gasteiger partial charge in [0.15, 0.2) is 0 Å². The quantitative estimate of drug-likeness (QED) is 0.528. The fourth-order valence-corrected chi connectivity index (χ4v) is 1.69. The maximum absolute atomic E-state index is 2.42. The summed E-state index contributed by atoms with van der Waals surface area (Å²) in [7, 11) is 0. The van der Waals surface area contributed by atoms with Crippen molar-refractivity contribution in [3.63, 3.8) is 0 Å². The molecule has 0 fully saturated rings. The molecule has 0 spiro atoms. The molecular weight excluding hydrogens is 156 g/mol. The number of rotatable bonds is 7. The third kappa shape index (κ3) is 7.10. The summed E-state index contributed by atoms with van der Waals surface area (Å²) < 4.78 is 0. The van der Waals surface area contributed by atoms with Gasteiger partial charge in [0.25, 0.3) is 0 Å². The van der Waals surface area contributed by atoms with Crippen molar-refractivity contribution in [1.29, 1.82) is 0 Å². The Morgan fingerprint density at radius 1 is 0.769 bits per heavy atom. The van der Waals surface area contributed by atoms with Gasteiger partial charge < -0.3 is 0 Å². The van der Waals surface area contributed by atoms with Gasteiger partial charge in [-0.05, 0) is 17.8 Å². The minimum absolute atomic E-state index is 0.876. The third-order valence-electron chi connectivity index (χ3n) is 3.18. The van der Waals surface area contributed by atoms with E-state index in [4.69, 9.17) is 0 Å². The molecule has 0 amide bonds. The molecule has 0 nitrogen and oxygen atoms in total. The largest absolute Gasteiger partial charge is 0.0654 e. The van der Waals surface area contributed by atoms with Gasteiger partial charge in [-0.2, -0.15) is 0 Å². The van der Waals surface area contributed by atoms with E-state index in [1.807, 2.05) is 0 Å². The lowest BCUT2D eigenvalue weighted by Crippen LogP contribution is -2.09. The molecule has 0 heteroatoms. The molecule has 80 valence electrons. The summed E-state index contributed by atoms with van der Waals surface area (Å²) in [5.74, 6) is 2.73. The molecule has 0 aliphatic carbocycles. The Balaban J connectivity index is 3.50. The molecule has 0 rings (SSSR count). The van der Waals surface area contributed by atoms with E-state index >= 15 is 0 Å². The Morgan fingerprint density at radius 3 is 1.77 bits per heavy atom. The molecule has 2 atom stereocenters. The van der Waals surface area contributed by atoms with Crippen molar-refractivity contribution in [2.24, 2.45) is 17.8 Å². The predicted octanol–water partition coefficient (Wildman–Crippen LogP) is 4.89. The van der Waals surface area contributed by atoms with E-state index in [0.29, 0.717) is 0 Å². The Labute approximate surface area is 85.1 Å². The van der Waals surface area contributed by atoms with Crippen molar-refractivity contribution in [3.8, 4) is 0 Å². The Hall–Kier alpha value is 0. The van der Waals surface area contributed by atoms with Crippen molar-refractivity contribution >= 4 is 0 Å². The van der Waals surface area contributed by atoms with Crippen LogP contribution in [0.2, 0.25) is 0 Å². The summed E-state index contributed by atoms with van der Waals surface area (Å²) in [6.07, 6.45) is 7.00. The highest BCUT2D eigenvalue weighted by Crippen LogP contribution is 2.23. The van der Waals surface area contributed by atoms with Gasteiger partial charge in [0.05, 0.1) is 0 Å². The molecule has 0 heterocycles. The van der Waals surface area contributed by atoms with Gasteiger partial charge in [0.1, 0.15) is 0 Å². The molecule has 0 aliphatic heterocycles. The summed E-state index contributed by atoms with van der Waals surface area (Å²) in [4.78, 5) is 0. The molecule has 0 aromatic rings. The zero-order valence-corrected chi connectivity index (χ0v) is 10.3.